The van der Waals surface area contributed by atoms with Gasteiger partial charge in [0.1, 0.15) is 0 Å². The molecule has 0 aromatic carbocycles. The molecule has 0 aliphatic rings. The lowest BCUT2D eigenvalue weighted by Crippen LogP contribution is -2.34. The molecule has 0 spiro atoms. The average Bonchev–Trinajstić information content (AvgIpc) is 2.10. The highest BCUT2D eigenvalue weighted by molar-refractivity contribution is 7.09. The molecule has 0 aliphatic carbocycles. The summed E-state index contributed by atoms with van der Waals surface area (Å²) in [7, 11) is 0. The number of hydrogen-bond donors (Lipinski definition) is 1. The van der Waals surface area contributed by atoms with Gasteiger partial charge in [0.15, 0.2) is 0 Å². The first-order chi connectivity index (χ1) is 4.97. The minimum absolute atomic E-state index is 0.138. The minimum Gasteiger partial charge on any atom is -0.325 e. The molecule has 0 bridgehead atoms. The van der Waals surface area contributed by atoms with Crippen molar-refractivity contribution >= 4 is 11.3 Å². The van der Waals surface area contributed by atoms with E-state index < -0.39 is 0 Å². The molecule has 0 saturated heterocycles. The van der Waals surface area contributed by atoms with Crippen LogP contribution in [0.1, 0.15) is 24.5 Å². The Morgan fingerprint density at radius 3 is 2.64 bits per heavy atom. The largest absolute Gasteiger partial charge is 0.325 e. The van der Waals surface area contributed by atoms with Crippen molar-refractivity contribution in [1.82, 2.24) is 4.98 Å². The van der Waals surface area contributed by atoms with Crippen molar-refractivity contribution in [2.75, 3.05) is 0 Å². The smallest absolute Gasteiger partial charge is 0.0897 e. The van der Waals surface area contributed by atoms with Crippen LogP contribution in [0.25, 0.3) is 0 Å². The van der Waals surface area contributed by atoms with Gasteiger partial charge in [-0.05, 0) is 20.8 Å². The monoisotopic (exact) mass is 170 g/mol. The molecule has 0 amide bonds. The summed E-state index contributed by atoms with van der Waals surface area (Å²) in [5, 5.41) is 3.19. The maximum Gasteiger partial charge on any atom is 0.0897 e. The summed E-state index contributed by atoms with van der Waals surface area (Å²) in [4.78, 5) is 4.33. The van der Waals surface area contributed by atoms with Crippen LogP contribution in [-0.2, 0) is 6.42 Å². The molecule has 1 heterocycles. The van der Waals surface area contributed by atoms with Crippen molar-refractivity contribution < 1.29 is 0 Å². The van der Waals surface area contributed by atoms with Crippen LogP contribution in [0.5, 0.6) is 0 Å². The molecule has 0 saturated carbocycles. The molecule has 3 heteroatoms. The highest BCUT2D eigenvalue weighted by atomic mass is 32.1. The SMILES string of the molecule is Cc1nc(CC(C)(C)N)cs1. The molecular formula is C8H14N2S. The summed E-state index contributed by atoms with van der Waals surface area (Å²) in [6, 6.07) is 0. The Morgan fingerprint density at radius 2 is 2.27 bits per heavy atom. The Hall–Kier alpha value is -0.410. The summed E-state index contributed by atoms with van der Waals surface area (Å²) < 4.78 is 0. The van der Waals surface area contributed by atoms with Crippen molar-refractivity contribution in [1.29, 1.82) is 0 Å². The Balaban J connectivity index is 2.65. The van der Waals surface area contributed by atoms with Crippen LogP contribution in [0.2, 0.25) is 0 Å². The van der Waals surface area contributed by atoms with Crippen molar-refractivity contribution in [3.63, 3.8) is 0 Å². The van der Waals surface area contributed by atoms with Crippen LogP contribution in [0.4, 0.5) is 0 Å². The second kappa shape index (κ2) is 2.91. The summed E-state index contributed by atoms with van der Waals surface area (Å²) in [5.74, 6) is 0. The standard InChI is InChI=1S/C8H14N2S/c1-6-10-7(5-11-6)4-8(2,3)9/h5H,4,9H2,1-3H3. The van der Waals surface area contributed by atoms with Gasteiger partial charge in [0, 0.05) is 17.3 Å². The third-order valence-corrected chi connectivity index (χ3v) is 2.13. The fraction of sp³-hybridized carbons (Fsp3) is 0.625. The van der Waals surface area contributed by atoms with Gasteiger partial charge in [0.05, 0.1) is 10.7 Å². The third kappa shape index (κ3) is 2.99. The number of thiazole rings is 1. The normalized spacial score (nSPS) is 12.0. The molecule has 0 aliphatic heterocycles. The topological polar surface area (TPSA) is 38.9 Å². The summed E-state index contributed by atoms with van der Waals surface area (Å²) in [6.07, 6.45) is 0.858. The molecule has 0 unspecified atom stereocenters. The first kappa shape index (κ1) is 8.68. The van der Waals surface area contributed by atoms with E-state index in [4.69, 9.17) is 5.73 Å². The van der Waals surface area contributed by atoms with Gasteiger partial charge in [-0.15, -0.1) is 11.3 Å². The molecule has 11 heavy (non-hydrogen) atoms. The lowest BCUT2D eigenvalue weighted by Gasteiger charge is -2.15. The first-order valence-electron chi connectivity index (χ1n) is 3.67. The van der Waals surface area contributed by atoms with Crippen LogP contribution in [0.15, 0.2) is 5.38 Å². The first-order valence-corrected chi connectivity index (χ1v) is 4.55. The molecule has 1 aromatic rings. The lowest BCUT2D eigenvalue weighted by molar-refractivity contribution is 0.511. The van der Waals surface area contributed by atoms with E-state index in [1.165, 1.54) is 0 Å². The van der Waals surface area contributed by atoms with Gasteiger partial charge in [-0.3, -0.25) is 0 Å². The number of aromatic nitrogens is 1. The Bertz CT molecular complexity index is 234. The Labute approximate surface area is 71.5 Å². The molecule has 2 nitrogen and oxygen atoms in total. The predicted molar refractivity (Wildman–Crippen MR) is 48.8 cm³/mol. The molecule has 0 fully saturated rings. The summed E-state index contributed by atoms with van der Waals surface area (Å²) in [6.45, 7) is 6.04. The van der Waals surface area contributed by atoms with Gasteiger partial charge in [-0.2, -0.15) is 0 Å². The van der Waals surface area contributed by atoms with Gasteiger partial charge in [0.25, 0.3) is 0 Å². The molecule has 0 radical (unpaired) electrons. The van der Waals surface area contributed by atoms with E-state index in [0.717, 1.165) is 17.1 Å². The fourth-order valence-corrected chi connectivity index (χ4v) is 1.57. The van der Waals surface area contributed by atoms with Crippen LogP contribution in [0, 0.1) is 6.92 Å². The van der Waals surface area contributed by atoms with E-state index >= 15 is 0 Å². The number of nitrogens with two attached hydrogens (primary N) is 1. The molecule has 0 atom stereocenters. The number of aryl methyl sites for hydroxylation is 1. The highest BCUT2D eigenvalue weighted by Gasteiger charge is 2.12. The number of nitrogens with zero attached hydrogens (tertiary/aromatic N) is 1. The highest BCUT2D eigenvalue weighted by Crippen LogP contribution is 2.13. The molecule has 1 rings (SSSR count). The second-order valence-electron chi connectivity index (χ2n) is 3.52. The lowest BCUT2D eigenvalue weighted by atomic mass is 10.0. The zero-order valence-electron chi connectivity index (χ0n) is 7.22. The maximum absolute atomic E-state index is 5.84. The molecule has 1 aromatic heterocycles. The van der Waals surface area contributed by atoms with E-state index in [2.05, 4.69) is 10.4 Å². The van der Waals surface area contributed by atoms with Crippen molar-refractivity contribution in [2.45, 2.75) is 32.7 Å². The minimum atomic E-state index is -0.138. The van der Waals surface area contributed by atoms with E-state index in [9.17, 15) is 0 Å². The zero-order chi connectivity index (χ0) is 8.48. The van der Waals surface area contributed by atoms with E-state index in [0.29, 0.717) is 0 Å². The van der Waals surface area contributed by atoms with Crippen LogP contribution in [0.3, 0.4) is 0 Å². The number of rotatable bonds is 2. The van der Waals surface area contributed by atoms with Gasteiger partial charge < -0.3 is 5.73 Å². The molecular weight excluding hydrogens is 156 g/mol. The number of hydrogen-bond acceptors (Lipinski definition) is 3. The van der Waals surface area contributed by atoms with Crippen molar-refractivity contribution in [3.8, 4) is 0 Å². The quantitative estimate of drug-likeness (QED) is 0.734. The van der Waals surface area contributed by atoms with Crippen LogP contribution >= 0.6 is 11.3 Å². The fourth-order valence-electron chi connectivity index (χ4n) is 0.956. The third-order valence-electron chi connectivity index (χ3n) is 1.30. The van der Waals surface area contributed by atoms with Gasteiger partial charge in [-0.1, -0.05) is 0 Å². The average molecular weight is 170 g/mol. The van der Waals surface area contributed by atoms with E-state index in [1.54, 1.807) is 11.3 Å². The summed E-state index contributed by atoms with van der Waals surface area (Å²) in [5.41, 5.74) is 6.81. The maximum atomic E-state index is 5.84. The predicted octanol–water partition coefficient (Wildman–Crippen LogP) is 1.73. The second-order valence-corrected chi connectivity index (χ2v) is 4.59. The van der Waals surface area contributed by atoms with E-state index in [-0.39, 0.29) is 5.54 Å². The zero-order valence-corrected chi connectivity index (χ0v) is 8.03. The van der Waals surface area contributed by atoms with Crippen LogP contribution < -0.4 is 5.73 Å². The summed E-state index contributed by atoms with van der Waals surface area (Å²) >= 11 is 1.68. The molecule has 62 valence electrons. The molecule has 2 N–H and O–H groups in total. The van der Waals surface area contributed by atoms with Gasteiger partial charge in [0.2, 0.25) is 0 Å². The Kier molecular flexibility index (Phi) is 2.30. The Morgan fingerprint density at radius 1 is 1.64 bits per heavy atom. The van der Waals surface area contributed by atoms with Crippen LogP contribution in [-0.4, -0.2) is 10.5 Å². The van der Waals surface area contributed by atoms with Gasteiger partial charge >= 0.3 is 0 Å². The van der Waals surface area contributed by atoms with Crippen molar-refractivity contribution in [3.05, 3.63) is 16.1 Å². The van der Waals surface area contributed by atoms with Crippen molar-refractivity contribution in [2.24, 2.45) is 5.73 Å². The van der Waals surface area contributed by atoms with E-state index in [1.807, 2.05) is 20.8 Å². The van der Waals surface area contributed by atoms with Gasteiger partial charge in [-0.25, -0.2) is 4.98 Å².